The second-order valence-electron chi connectivity index (χ2n) is 4.18. The number of ether oxygens (including phenoxy) is 2. The molecule has 0 spiro atoms. The average molecular weight is 267 g/mol. The van der Waals surface area contributed by atoms with Gasteiger partial charge in [0.15, 0.2) is 0 Å². The maximum absolute atomic E-state index is 11.9. The lowest BCUT2D eigenvalue weighted by Gasteiger charge is -2.15. The fourth-order valence-corrected chi connectivity index (χ4v) is 1.53. The van der Waals surface area contributed by atoms with Crippen LogP contribution in [0.15, 0.2) is 24.3 Å². The zero-order valence-electron chi connectivity index (χ0n) is 11.4. The summed E-state index contributed by atoms with van der Waals surface area (Å²) >= 11 is 0. The van der Waals surface area contributed by atoms with Crippen molar-refractivity contribution in [2.45, 2.75) is 19.4 Å². The Balaban J connectivity index is 2.56. The third-order valence-corrected chi connectivity index (χ3v) is 2.51. The van der Waals surface area contributed by atoms with Crippen molar-refractivity contribution in [2.75, 3.05) is 26.9 Å². The van der Waals surface area contributed by atoms with Crippen molar-refractivity contribution in [1.29, 1.82) is 0 Å². The third kappa shape index (κ3) is 5.28. The Morgan fingerprint density at radius 1 is 1.37 bits per heavy atom. The highest BCUT2D eigenvalue weighted by atomic mass is 16.5. The zero-order valence-corrected chi connectivity index (χ0v) is 11.4. The van der Waals surface area contributed by atoms with Gasteiger partial charge in [-0.15, -0.1) is 0 Å². The summed E-state index contributed by atoms with van der Waals surface area (Å²) in [6.07, 6.45) is 0.942. The Labute approximate surface area is 113 Å². The number of nitrogens with one attached hydrogen (secondary N) is 1. The van der Waals surface area contributed by atoms with Gasteiger partial charge in [-0.3, -0.25) is 4.79 Å². The van der Waals surface area contributed by atoms with Crippen LogP contribution in [0.5, 0.6) is 5.75 Å². The van der Waals surface area contributed by atoms with Gasteiger partial charge in [-0.2, -0.15) is 0 Å². The van der Waals surface area contributed by atoms with E-state index in [2.05, 4.69) is 5.32 Å². The lowest BCUT2D eigenvalue weighted by atomic mass is 10.2. The molecule has 1 amide bonds. The number of carbonyl (C=O) groups excluding carboxylic acids is 1. The van der Waals surface area contributed by atoms with Crippen molar-refractivity contribution in [3.8, 4) is 5.75 Å². The molecule has 0 saturated carbocycles. The summed E-state index contributed by atoms with van der Waals surface area (Å²) in [4.78, 5) is 11.9. The Hall–Kier alpha value is -1.59. The van der Waals surface area contributed by atoms with E-state index >= 15 is 0 Å². The molecule has 5 heteroatoms. The monoisotopic (exact) mass is 267 g/mol. The predicted octanol–water partition coefficient (Wildman–Crippen LogP) is 1.21. The smallest absolute Gasteiger partial charge is 0.251 e. The molecule has 1 unspecified atom stereocenters. The minimum atomic E-state index is -0.395. The molecule has 0 aliphatic heterocycles. The van der Waals surface area contributed by atoms with Crippen molar-refractivity contribution < 1.29 is 19.4 Å². The van der Waals surface area contributed by atoms with Crippen molar-refractivity contribution in [3.05, 3.63) is 29.8 Å². The predicted molar refractivity (Wildman–Crippen MR) is 72.4 cm³/mol. The molecule has 2 N–H and O–H groups in total. The molecule has 0 aliphatic rings. The first-order valence-electron chi connectivity index (χ1n) is 6.34. The first-order chi connectivity index (χ1) is 9.21. The van der Waals surface area contributed by atoms with Crippen LogP contribution in [-0.4, -0.2) is 44.0 Å². The van der Waals surface area contributed by atoms with Gasteiger partial charge in [0.2, 0.25) is 0 Å². The van der Waals surface area contributed by atoms with Gasteiger partial charge >= 0.3 is 0 Å². The van der Waals surface area contributed by atoms with Crippen LogP contribution in [-0.2, 0) is 4.74 Å². The molecular formula is C14H21NO4. The summed E-state index contributed by atoms with van der Waals surface area (Å²) in [6.45, 7) is 2.82. The number of carbonyl (C=O) groups is 1. The molecule has 1 rings (SSSR count). The SMILES string of the molecule is CCCOc1ccc(C(=O)NC(CO)COC)cc1. The fraction of sp³-hybridized carbons (Fsp3) is 0.500. The van der Waals surface area contributed by atoms with E-state index < -0.39 is 6.04 Å². The highest BCUT2D eigenvalue weighted by Crippen LogP contribution is 2.12. The Bertz CT molecular complexity index is 378. The van der Waals surface area contributed by atoms with Gasteiger partial charge in [-0.05, 0) is 30.7 Å². The number of aliphatic hydroxyl groups excluding tert-OH is 1. The van der Waals surface area contributed by atoms with Crippen molar-refractivity contribution in [2.24, 2.45) is 0 Å². The van der Waals surface area contributed by atoms with Gasteiger partial charge in [0.1, 0.15) is 5.75 Å². The highest BCUT2D eigenvalue weighted by Gasteiger charge is 2.12. The largest absolute Gasteiger partial charge is 0.494 e. The maximum atomic E-state index is 11.9. The first kappa shape index (κ1) is 15.5. The van der Waals surface area contributed by atoms with Crippen LogP contribution in [0, 0.1) is 0 Å². The van der Waals surface area contributed by atoms with Gasteiger partial charge in [0.05, 0.1) is 25.9 Å². The number of benzene rings is 1. The van der Waals surface area contributed by atoms with E-state index in [0.29, 0.717) is 12.2 Å². The fourth-order valence-electron chi connectivity index (χ4n) is 1.53. The van der Waals surface area contributed by atoms with Crippen LogP contribution in [0.1, 0.15) is 23.7 Å². The lowest BCUT2D eigenvalue weighted by Crippen LogP contribution is -2.40. The molecule has 106 valence electrons. The zero-order chi connectivity index (χ0) is 14.1. The second kappa shape index (κ2) is 8.50. The lowest BCUT2D eigenvalue weighted by molar-refractivity contribution is 0.0839. The van der Waals surface area contributed by atoms with E-state index in [1.165, 1.54) is 7.11 Å². The van der Waals surface area contributed by atoms with Gasteiger partial charge in [-0.25, -0.2) is 0 Å². The average Bonchev–Trinajstić information content (AvgIpc) is 2.45. The van der Waals surface area contributed by atoms with E-state index in [-0.39, 0.29) is 19.1 Å². The molecule has 5 nitrogen and oxygen atoms in total. The van der Waals surface area contributed by atoms with Crippen LogP contribution in [0.2, 0.25) is 0 Å². The van der Waals surface area contributed by atoms with Gasteiger partial charge in [0.25, 0.3) is 5.91 Å². The third-order valence-electron chi connectivity index (χ3n) is 2.51. The summed E-state index contributed by atoms with van der Waals surface area (Å²) in [5.74, 6) is 0.507. The van der Waals surface area contributed by atoms with E-state index in [4.69, 9.17) is 14.6 Å². The quantitative estimate of drug-likeness (QED) is 0.743. The Kier molecular flexibility index (Phi) is 6.92. The Morgan fingerprint density at radius 3 is 2.58 bits per heavy atom. The van der Waals surface area contributed by atoms with E-state index in [9.17, 15) is 4.79 Å². The normalized spacial score (nSPS) is 11.9. The summed E-state index contributed by atoms with van der Waals surface area (Å²) in [7, 11) is 1.52. The van der Waals surface area contributed by atoms with E-state index in [1.807, 2.05) is 6.92 Å². The molecule has 1 atom stereocenters. The molecule has 0 saturated heterocycles. The topological polar surface area (TPSA) is 67.8 Å². The van der Waals surface area contributed by atoms with Gasteiger partial charge in [-0.1, -0.05) is 6.92 Å². The van der Waals surface area contributed by atoms with Crippen LogP contribution >= 0.6 is 0 Å². The Morgan fingerprint density at radius 2 is 2.05 bits per heavy atom. The van der Waals surface area contributed by atoms with Crippen molar-refractivity contribution in [3.63, 3.8) is 0 Å². The molecule has 0 aromatic heterocycles. The molecule has 1 aromatic rings. The maximum Gasteiger partial charge on any atom is 0.251 e. The standard InChI is InChI=1S/C14H21NO4/c1-3-8-19-13-6-4-11(5-7-13)14(17)15-12(9-16)10-18-2/h4-7,12,16H,3,8-10H2,1-2H3,(H,15,17). The summed E-state index contributed by atoms with van der Waals surface area (Å²) < 4.78 is 10.3. The molecule has 1 aromatic carbocycles. The second-order valence-corrected chi connectivity index (χ2v) is 4.18. The van der Waals surface area contributed by atoms with Gasteiger partial charge in [0, 0.05) is 12.7 Å². The number of hydrogen-bond acceptors (Lipinski definition) is 4. The van der Waals surface area contributed by atoms with Crippen molar-refractivity contribution >= 4 is 5.91 Å². The summed E-state index contributed by atoms with van der Waals surface area (Å²) in [5, 5.41) is 11.8. The molecular weight excluding hydrogens is 246 g/mol. The molecule has 0 fully saturated rings. The van der Waals surface area contributed by atoms with Crippen LogP contribution < -0.4 is 10.1 Å². The molecule has 0 radical (unpaired) electrons. The molecule has 19 heavy (non-hydrogen) atoms. The van der Waals surface area contributed by atoms with E-state index in [1.54, 1.807) is 24.3 Å². The number of hydrogen-bond donors (Lipinski definition) is 2. The number of aliphatic hydroxyl groups is 1. The number of methoxy groups -OCH3 is 1. The van der Waals surface area contributed by atoms with Crippen molar-refractivity contribution in [1.82, 2.24) is 5.32 Å². The van der Waals surface area contributed by atoms with Crippen LogP contribution in [0.3, 0.4) is 0 Å². The molecule has 0 aliphatic carbocycles. The summed E-state index contributed by atoms with van der Waals surface area (Å²) in [6, 6.07) is 6.51. The van der Waals surface area contributed by atoms with Crippen LogP contribution in [0.25, 0.3) is 0 Å². The minimum absolute atomic E-state index is 0.155. The highest BCUT2D eigenvalue weighted by molar-refractivity contribution is 5.94. The minimum Gasteiger partial charge on any atom is -0.494 e. The first-order valence-corrected chi connectivity index (χ1v) is 6.34. The summed E-state index contributed by atoms with van der Waals surface area (Å²) in [5.41, 5.74) is 0.526. The number of rotatable bonds is 8. The molecule has 0 heterocycles. The van der Waals surface area contributed by atoms with Crippen LogP contribution in [0.4, 0.5) is 0 Å². The van der Waals surface area contributed by atoms with E-state index in [0.717, 1.165) is 12.2 Å². The molecule has 0 bridgehead atoms. The van der Waals surface area contributed by atoms with Gasteiger partial charge < -0.3 is 19.9 Å². The number of amides is 1.